The average molecular weight is 451 g/mol. The number of fused-ring (bicyclic) bond motifs is 1. The lowest BCUT2D eigenvalue weighted by Gasteiger charge is -2.37. The maximum absolute atomic E-state index is 13.4. The highest BCUT2D eigenvalue weighted by Gasteiger charge is 2.38. The first-order chi connectivity index (χ1) is 14.6. The van der Waals surface area contributed by atoms with Gasteiger partial charge in [-0.25, -0.2) is 8.42 Å². The topological polar surface area (TPSA) is 87.2 Å². The number of benzene rings is 1. The summed E-state index contributed by atoms with van der Waals surface area (Å²) in [5, 5.41) is 9.69. The van der Waals surface area contributed by atoms with Gasteiger partial charge in [0.05, 0.1) is 13.2 Å². The number of carbonyl (C=O) groups is 1. The third kappa shape index (κ3) is 6.00. The van der Waals surface area contributed by atoms with Gasteiger partial charge in [0, 0.05) is 44.0 Å². The summed E-state index contributed by atoms with van der Waals surface area (Å²) in [6.45, 7) is 7.65. The van der Waals surface area contributed by atoms with E-state index in [-0.39, 0.29) is 35.6 Å². The Kier molecular flexibility index (Phi) is 8.92. The summed E-state index contributed by atoms with van der Waals surface area (Å²) < 4.78 is 34.4. The third-order valence-electron chi connectivity index (χ3n) is 5.46. The summed E-state index contributed by atoms with van der Waals surface area (Å²) in [4.78, 5) is 13.8. The van der Waals surface area contributed by atoms with Gasteiger partial charge in [0.1, 0.15) is 16.7 Å². The molecular weight excluding hydrogens is 416 g/mol. The number of amides is 1. The van der Waals surface area contributed by atoms with Gasteiger partial charge < -0.3 is 14.7 Å². The Balaban J connectivity index is 2.56. The fraction of sp³-hybridized carbons (Fsp3) is 0.609. The van der Waals surface area contributed by atoms with Crippen molar-refractivity contribution in [1.82, 2.24) is 9.21 Å². The standard InChI is InChI=1S/C23H34N2O5S/c1-6-8-9-10-19-11-12-22-20(13-19)30-21(15-24(5)23(27)7-2)17(3)14-25(18(4)16-26)31(22,28)29/h11-13,17-18,21,26H,6-8,14-16H2,1-5H3/t17-,18-,21-/m1/s1. The molecule has 0 spiro atoms. The summed E-state index contributed by atoms with van der Waals surface area (Å²) in [5.74, 6) is 6.13. The Morgan fingerprint density at radius 2 is 2.10 bits per heavy atom. The molecule has 1 amide bonds. The summed E-state index contributed by atoms with van der Waals surface area (Å²) in [6, 6.07) is 4.27. The van der Waals surface area contributed by atoms with E-state index in [2.05, 4.69) is 11.8 Å². The molecule has 3 atom stereocenters. The molecular formula is C23H34N2O5S. The van der Waals surface area contributed by atoms with Crippen LogP contribution in [0, 0.1) is 17.8 Å². The second-order valence-corrected chi connectivity index (χ2v) is 9.94. The third-order valence-corrected chi connectivity index (χ3v) is 7.48. The molecule has 7 nitrogen and oxygen atoms in total. The highest BCUT2D eigenvalue weighted by molar-refractivity contribution is 7.89. The van der Waals surface area contributed by atoms with Crippen molar-refractivity contribution in [3.05, 3.63) is 23.8 Å². The number of ether oxygens (including phenoxy) is 1. The molecule has 0 radical (unpaired) electrons. The Bertz CT molecular complexity index is 935. The predicted octanol–water partition coefficient (Wildman–Crippen LogP) is 2.48. The van der Waals surface area contributed by atoms with Gasteiger partial charge in [-0.3, -0.25) is 4.79 Å². The lowest BCUT2D eigenvalue weighted by atomic mass is 10.0. The van der Waals surface area contributed by atoms with E-state index < -0.39 is 22.2 Å². The maximum atomic E-state index is 13.4. The zero-order chi connectivity index (χ0) is 23.2. The monoisotopic (exact) mass is 450 g/mol. The van der Waals surface area contributed by atoms with Crippen molar-refractivity contribution in [2.75, 3.05) is 26.7 Å². The van der Waals surface area contributed by atoms with Crippen LogP contribution in [0.5, 0.6) is 5.75 Å². The second-order valence-electron chi connectivity index (χ2n) is 8.08. The van der Waals surface area contributed by atoms with Crippen molar-refractivity contribution >= 4 is 15.9 Å². The zero-order valence-corrected chi connectivity index (χ0v) is 19.9. The first-order valence-electron chi connectivity index (χ1n) is 10.8. The smallest absolute Gasteiger partial charge is 0.247 e. The van der Waals surface area contributed by atoms with Crippen LogP contribution in [0.2, 0.25) is 0 Å². The molecule has 0 fully saturated rings. The number of sulfonamides is 1. The molecule has 0 unspecified atom stereocenters. The summed E-state index contributed by atoms with van der Waals surface area (Å²) >= 11 is 0. The van der Waals surface area contributed by atoms with Gasteiger partial charge in [-0.15, -0.1) is 0 Å². The molecule has 0 bridgehead atoms. The van der Waals surface area contributed by atoms with Crippen LogP contribution in [-0.2, 0) is 14.8 Å². The van der Waals surface area contributed by atoms with E-state index in [4.69, 9.17) is 4.74 Å². The molecule has 1 aromatic rings. The van der Waals surface area contributed by atoms with Gasteiger partial charge in [0.15, 0.2) is 0 Å². The van der Waals surface area contributed by atoms with E-state index in [9.17, 15) is 18.3 Å². The quantitative estimate of drug-likeness (QED) is 0.673. The largest absolute Gasteiger partial charge is 0.487 e. The molecule has 1 N–H and O–H groups in total. The molecule has 1 aliphatic rings. The van der Waals surface area contributed by atoms with Gasteiger partial charge in [0.2, 0.25) is 15.9 Å². The van der Waals surface area contributed by atoms with Crippen molar-refractivity contribution < 1.29 is 23.1 Å². The number of rotatable bonds is 6. The van der Waals surface area contributed by atoms with Crippen LogP contribution in [0.15, 0.2) is 23.1 Å². The Morgan fingerprint density at radius 1 is 1.39 bits per heavy atom. The molecule has 8 heteroatoms. The van der Waals surface area contributed by atoms with E-state index in [0.717, 1.165) is 12.8 Å². The molecule has 0 aromatic heterocycles. The normalized spacial score (nSPS) is 21.5. The number of carbonyl (C=O) groups excluding carboxylic acids is 1. The number of aliphatic hydroxyl groups is 1. The molecule has 1 aliphatic heterocycles. The van der Waals surface area contributed by atoms with Crippen molar-refractivity contribution in [3.8, 4) is 17.6 Å². The van der Waals surface area contributed by atoms with Crippen LogP contribution in [-0.4, -0.2) is 67.5 Å². The minimum atomic E-state index is -3.88. The Hall–Kier alpha value is -2.08. The first-order valence-corrected chi connectivity index (χ1v) is 12.3. The summed E-state index contributed by atoms with van der Waals surface area (Å²) in [7, 11) is -2.16. The van der Waals surface area contributed by atoms with Crippen LogP contribution in [0.3, 0.4) is 0 Å². The maximum Gasteiger partial charge on any atom is 0.247 e. The second kappa shape index (κ2) is 11.0. The van der Waals surface area contributed by atoms with E-state index in [0.29, 0.717) is 18.5 Å². The predicted molar refractivity (Wildman–Crippen MR) is 120 cm³/mol. The SMILES string of the molecule is CCCC#Cc1ccc2c(c1)O[C@H](CN(C)C(=O)CC)[C@H](C)CN([C@H](C)CO)S2(=O)=O. The molecule has 1 aromatic carbocycles. The summed E-state index contributed by atoms with van der Waals surface area (Å²) in [5.41, 5.74) is 0.675. The van der Waals surface area contributed by atoms with Crippen LogP contribution < -0.4 is 4.74 Å². The molecule has 2 rings (SSSR count). The van der Waals surface area contributed by atoms with Gasteiger partial charge >= 0.3 is 0 Å². The van der Waals surface area contributed by atoms with Crippen molar-refractivity contribution in [3.63, 3.8) is 0 Å². The Labute approximate surface area is 186 Å². The van der Waals surface area contributed by atoms with Crippen molar-refractivity contribution in [2.24, 2.45) is 5.92 Å². The van der Waals surface area contributed by atoms with Gasteiger partial charge in [0.25, 0.3) is 0 Å². The molecule has 0 saturated carbocycles. The molecule has 172 valence electrons. The minimum Gasteiger partial charge on any atom is -0.487 e. The lowest BCUT2D eigenvalue weighted by Crippen LogP contribution is -2.50. The van der Waals surface area contributed by atoms with E-state index in [1.807, 2.05) is 13.8 Å². The Morgan fingerprint density at radius 3 is 2.71 bits per heavy atom. The number of likely N-dealkylation sites (N-methyl/N-ethyl adjacent to an activating group) is 1. The number of hydrogen-bond acceptors (Lipinski definition) is 5. The van der Waals surface area contributed by atoms with Crippen molar-refractivity contribution in [1.29, 1.82) is 0 Å². The van der Waals surface area contributed by atoms with Crippen LogP contribution in [0.1, 0.15) is 52.5 Å². The highest BCUT2D eigenvalue weighted by atomic mass is 32.2. The van der Waals surface area contributed by atoms with E-state index >= 15 is 0 Å². The van der Waals surface area contributed by atoms with Gasteiger partial charge in [-0.2, -0.15) is 4.31 Å². The number of nitrogens with zero attached hydrogens (tertiary/aromatic N) is 2. The fourth-order valence-corrected chi connectivity index (χ4v) is 5.28. The van der Waals surface area contributed by atoms with E-state index in [1.165, 1.54) is 10.4 Å². The van der Waals surface area contributed by atoms with E-state index in [1.54, 1.807) is 37.9 Å². The van der Waals surface area contributed by atoms with Gasteiger partial charge in [-0.05, 0) is 31.5 Å². The zero-order valence-electron chi connectivity index (χ0n) is 19.1. The number of hydrogen-bond donors (Lipinski definition) is 1. The minimum absolute atomic E-state index is 0.00882. The van der Waals surface area contributed by atoms with Crippen molar-refractivity contribution in [2.45, 2.75) is 64.0 Å². The molecule has 0 aliphatic carbocycles. The van der Waals surface area contributed by atoms with Gasteiger partial charge in [-0.1, -0.05) is 32.6 Å². The molecule has 31 heavy (non-hydrogen) atoms. The van der Waals surface area contributed by atoms with Crippen LogP contribution in [0.25, 0.3) is 0 Å². The number of aliphatic hydroxyl groups excluding tert-OH is 1. The average Bonchev–Trinajstić information content (AvgIpc) is 2.75. The van der Waals surface area contributed by atoms with Crippen LogP contribution in [0.4, 0.5) is 0 Å². The number of unbranched alkanes of at least 4 members (excludes halogenated alkanes) is 1. The summed E-state index contributed by atoms with van der Waals surface area (Å²) in [6.07, 6.45) is 1.66. The first kappa shape index (κ1) is 25.2. The highest BCUT2D eigenvalue weighted by Crippen LogP contribution is 2.34. The van der Waals surface area contributed by atoms with Crippen LogP contribution >= 0.6 is 0 Å². The fourth-order valence-electron chi connectivity index (χ4n) is 3.45. The molecule has 0 saturated heterocycles. The lowest BCUT2D eigenvalue weighted by molar-refractivity contribution is -0.131. The molecule has 1 heterocycles.